The van der Waals surface area contributed by atoms with Gasteiger partial charge in [-0.2, -0.15) is 0 Å². The van der Waals surface area contributed by atoms with Crippen molar-refractivity contribution in [3.8, 4) is 0 Å². The molecule has 0 aromatic heterocycles. The Morgan fingerprint density at radius 3 is 2.31 bits per heavy atom. The van der Waals surface area contributed by atoms with Gasteiger partial charge < -0.3 is 9.69 Å². The van der Waals surface area contributed by atoms with E-state index in [2.05, 4.69) is 25.7 Å². The van der Waals surface area contributed by atoms with Crippen LogP contribution in [0, 0.1) is 0 Å². The van der Waals surface area contributed by atoms with Gasteiger partial charge in [-0.3, -0.25) is 4.90 Å². The van der Waals surface area contributed by atoms with Gasteiger partial charge in [-0.05, 0) is 13.0 Å². The van der Waals surface area contributed by atoms with E-state index in [-0.39, 0.29) is 0 Å². The second-order valence-electron chi connectivity index (χ2n) is 3.35. The molecule has 0 saturated carbocycles. The lowest BCUT2D eigenvalue weighted by Crippen LogP contribution is -2.47. The van der Waals surface area contributed by atoms with E-state index in [0.717, 1.165) is 37.8 Å². The van der Waals surface area contributed by atoms with Crippen LogP contribution in [0.25, 0.3) is 0 Å². The van der Waals surface area contributed by atoms with Gasteiger partial charge in [0.05, 0.1) is 6.54 Å². The van der Waals surface area contributed by atoms with Crippen molar-refractivity contribution in [2.75, 3.05) is 44.6 Å². The highest BCUT2D eigenvalue weighted by Crippen LogP contribution is 2.02. The maximum absolute atomic E-state index is 10.3. The molecule has 1 saturated heterocycles. The van der Waals surface area contributed by atoms with E-state index >= 15 is 0 Å². The summed E-state index contributed by atoms with van der Waals surface area (Å²) in [6, 6.07) is 0. The largest absolute Gasteiger partial charge is 0.302 e. The van der Waals surface area contributed by atoms with Gasteiger partial charge in [-0.1, -0.05) is 15.9 Å². The Balaban J connectivity index is 2.11. The quantitative estimate of drug-likeness (QED) is 0.526. The van der Waals surface area contributed by atoms with E-state index in [1.807, 2.05) is 0 Å². The van der Waals surface area contributed by atoms with Crippen LogP contribution < -0.4 is 0 Å². The molecule has 1 aliphatic heterocycles. The summed E-state index contributed by atoms with van der Waals surface area (Å²) in [6.45, 7) is 6.09. The molecular formula is C9H17BrN2O. The summed E-state index contributed by atoms with van der Waals surface area (Å²) in [5.41, 5.74) is 0. The Hall–Kier alpha value is 0.0700. The molecule has 3 nitrogen and oxygen atoms in total. The SMILES string of the molecule is O=CCN1CCN(CCCBr)CC1. The number of aldehydes is 1. The zero-order valence-electron chi connectivity index (χ0n) is 7.91. The second kappa shape index (κ2) is 6.51. The monoisotopic (exact) mass is 248 g/mol. The van der Waals surface area contributed by atoms with Crippen LogP contribution in [0.4, 0.5) is 0 Å². The minimum absolute atomic E-state index is 0.603. The summed E-state index contributed by atoms with van der Waals surface area (Å²) in [5.74, 6) is 0. The van der Waals surface area contributed by atoms with Crippen LogP contribution in [0.1, 0.15) is 6.42 Å². The highest BCUT2D eigenvalue weighted by molar-refractivity contribution is 9.09. The lowest BCUT2D eigenvalue weighted by atomic mass is 10.3. The molecular weight excluding hydrogens is 232 g/mol. The second-order valence-corrected chi connectivity index (χ2v) is 4.14. The van der Waals surface area contributed by atoms with E-state index in [1.54, 1.807) is 0 Å². The summed E-state index contributed by atoms with van der Waals surface area (Å²) in [5, 5.41) is 1.08. The van der Waals surface area contributed by atoms with Gasteiger partial charge in [-0.25, -0.2) is 0 Å². The van der Waals surface area contributed by atoms with E-state index in [0.29, 0.717) is 6.54 Å². The Morgan fingerprint density at radius 1 is 1.15 bits per heavy atom. The average molecular weight is 249 g/mol. The normalized spacial score (nSPS) is 20.4. The summed E-state index contributed by atoms with van der Waals surface area (Å²) < 4.78 is 0. The maximum Gasteiger partial charge on any atom is 0.133 e. The van der Waals surface area contributed by atoms with Crippen molar-refractivity contribution in [2.45, 2.75) is 6.42 Å². The first-order chi connectivity index (χ1) is 6.36. The fourth-order valence-corrected chi connectivity index (χ4v) is 1.84. The fraction of sp³-hybridized carbons (Fsp3) is 0.889. The number of nitrogens with zero attached hydrogens (tertiary/aromatic N) is 2. The molecule has 13 heavy (non-hydrogen) atoms. The lowest BCUT2D eigenvalue weighted by Gasteiger charge is -2.33. The van der Waals surface area contributed by atoms with Gasteiger partial charge in [0.25, 0.3) is 0 Å². The molecule has 1 aliphatic rings. The van der Waals surface area contributed by atoms with Gasteiger partial charge in [-0.15, -0.1) is 0 Å². The third-order valence-corrected chi connectivity index (χ3v) is 2.97. The molecule has 0 aromatic carbocycles. The van der Waals surface area contributed by atoms with Crippen LogP contribution in [0.15, 0.2) is 0 Å². The van der Waals surface area contributed by atoms with E-state index in [9.17, 15) is 4.79 Å². The molecule has 0 atom stereocenters. The molecule has 0 radical (unpaired) electrons. The zero-order valence-corrected chi connectivity index (χ0v) is 9.50. The van der Waals surface area contributed by atoms with Crippen molar-refractivity contribution < 1.29 is 4.79 Å². The molecule has 76 valence electrons. The van der Waals surface area contributed by atoms with Crippen molar-refractivity contribution in [1.29, 1.82) is 0 Å². The number of carbonyl (C=O) groups excluding carboxylic acids is 1. The van der Waals surface area contributed by atoms with E-state index in [4.69, 9.17) is 0 Å². The number of alkyl halides is 1. The molecule has 0 aromatic rings. The van der Waals surface area contributed by atoms with E-state index < -0.39 is 0 Å². The molecule has 0 N–H and O–H groups in total. The summed E-state index contributed by atoms with van der Waals surface area (Å²) >= 11 is 3.43. The Morgan fingerprint density at radius 2 is 1.77 bits per heavy atom. The first-order valence-electron chi connectivity index (χ1n) is 4.81. The molecule has 0 unspecified atom stereocenters. The number of hydrogen-bond donors (Lipinski definition) is 0. The molecule has 0 aliphatic carbocycles. The molecule has 0 bridgehead atoms. The van der Waals surface area contributed by atoms with Gasteiger partial charge in [0.2, 0.25) is 0 Å². The molecule has 0 spiro atoms. The van der Waals surface area contributed by atoms with Crippen molar-refractivity contribution in [3.05, 3.63) is 0 Å². The smallest absolute Gasteiger partial charge is 0.133 e. The molecule has 1 fully saturated rings. The Labute approximate surface area is 88.2 Å². The average Bonchev–Trinajstić information content (AvgIpc) is 2.17. The molecule has 4 heteroatoms. The minimum atomic E-state index is 0.603. The Bertz CT molecular complexity index is 147. The van der Waals surface area contributed by atoms with Gasteiger partial charge in [0, 0.05) is 31.5 Å². The fourth-order valence-electron chi connectivity index (χ4n) is 1.58. The number of hydrogen-bond acceptors (Lipinski definition) is 3. The van der Waals surface area contributed by atoms with Gasteiger partial charge in [0.1, 0.15) is 6.29 Å². The van der Waals surface area contributed by atoms with Crippen LogP contribution in [0.2, 0.25) is 0 Å². The standard InChI is InChI=1S/C9H17BrN2O/c10-2-1-3-11-4-6-12(7-5-11)8-9-13/h9H,1-8H2. The van der Waals surface area contributed by atoms with Crippen LogP contribution in [-0.2, 0) is 4.79 Å². The van der Waals surface area contributed by atoms with Crippen LogP contribution in [-0.4, -0.2) is 60.7 Å². The lowest BCUT2D eigenvalue weighted by molar-refractivity contribution is -0.109. The first-order valence-corrected chi connectivity index (χ1v) is 5.93. The zero-order chi connectivity index (χ0) is 9.52. The molecule has 0 amide bonds. The predicted molar refractivity (Wildman–Crippen MR) is 57.4 cm³/mol. The third kappa shape index (κ3) is 4.20. The van der Waals surface area contributed by atoms with Crippen molar-refractivity contribution in [2.24, 2.45) is 0 Å². The number of carbonyl (C=O) groups is 1. The minimum Gasteiger partial charge on any atom is -0.302 e. The summed E-state index contributed by atoms with van der Waals surface area (Å²) in [4.78, 5) is 14.9. The summed E-state index contributed by atoms with van der Waals surface area (Å²) in [7, 11) is 0. The van der Waals surface area contributed by atoms with Crippen LogP contribution >= 0.6 is 15.9 Å². The number of halogens is 1. The van der Waals surface area contributed by atoms with Gasteiger partial charge in [0.15, 0.2) is 0 Å². The highest BCUT2D eigenvalue weighted by Gasteiger charge is 2.14. The van der Waals surface area contributed by atoms with E-state index in [1.165, 1.54) is 13.0 Å². The van der Waals surface area contributed by atoms with Gasteiger partial charge >= 0.3 is 0 Å². The van der Waals surface area contributed by atoms with Crippen molar-refractivity contribution in [1.82, 2.24) is 9.80 Å². The number of piperazine rings is 1. The van der Waals surface area contributed by atoms with Crippen LogP contribution in [0.3, 0.4) is 0 Å². The summed E-state index contributed by atoms with van der Waals surface area (Å²) in [6.07, 6.45) is 2.21. The topological polar surface area (TPSA) is 23.6 Å². The highest BCUT2D eigenvalue weighted by atomic mass is 79.9. The molecule has 1 heterocycles. The third-order valence-electron chi connectivity index (χ3n) is 2.41. The first kappa shape index (κ1) is 11.1. The predicted octanol–water partition coefficient (Wildman–Crippen LogP) is 0.588. The number of rotatable bonds is 5. The van der Waals surface area contributed by atoms with Crippen molar-refractivity contribution >= 4 is 22.2 Å². The maximum atomic E-state index is 10.3. The van der Waals surface area contributed by atoms with Crippen molar-refractivity contribution in [3.63, 3.8) is 0 Å². The van der Waals surface area contributed by atoms with Crippen LogP contribution in [0.5, 0.6) is 0 Å². The molecule has 1 rings (SSSR count). The Kier molecular flexibility index (Phi) is 5.58.